The second-order valence-electron chi connectivity index (χ2n) is 7.92. The van der Waals surface area contributed by atoms with Crippen molar-refractivity contribution in [3.05, 3.63) is 53.1 Å². The van der Waals surface area contributed by atoms with Gasteiger partial charge in [0.2, 0.25) is 0 Å². The fourth-order valence-corrected chi connectivity index (χ4v) is 4.46. The maximum absolute atomic E-state index is 6.37. The van der Waals surface area contributed by atoms with E-state index in [-0.39, 0.29) is 9.03 Å². The van der Waals surface area contributed by atoms with Crippen molar-refractivity contribution in [2.24, 2.45) is 5.92 Å². The van der Waals surface area contributed by atoms with E-state index in [1.807, 2.05) is 12.1 Å². The molecule has 0 saturated heterocycles. The zero-order valence-electron chi connectivity index (χ0n) is 18.1. The van der Waals surface area contributed by atoms with Crippen LogP contribution in [0.2, 0.25) is 0 Å². The number of hydrogen-bond donors (Lipinski definition) is 0. The molecule has 0 fully saturated rings. The first-order valence-corrected chi connectivity index (χ1v) is 12.0. The summed E-state index contributed by atoms with van der Waals surface area (Å²) in [6.45, 7) is 7.52. The van der Waals surface area contributed by atoms with Crippen LogP contribution in [-0.4, -0.2) is 6.61 Å². The SMILES string of the molecule is CCCCc1cccc2c1Cc1c(OCC(CC)CCCC)cccc1OPO2. The van der Waals surface area contributed by atoms with Crippen molar-refractivity contribution in [2.45, 2.75) is 72.1 Å². The summed E-state index contributed by atoms with van der Waals surface area (Å²) in [4.78, 5) is 0. The summed E-state index contributed by atoms with van der Waals surface area (Å²) >= 11 is 0. The second kappa shape index (κ2) is 11.5. The highest BCUT2D eigenvalue weighted by molar-refractivity contribution is 7.27. The van der Waals surface area contributed by atoms with Crippen molar-refractivity contribution in [1.82, 2.24) is 0 Å². The van der Waals surface area contributed by atoms with E-state index < -0.39 is 0 Å². The Morgan fingerprint density at radius 3 is 2.38 bits per heavy atom. The fourth-order valence-electron chi connectivity index (χ4n) is 3.85. The van der Waals surface area contributed by atoms with Crippen LogP contribution < -0.4 is 13.8 Å². The molecular formula is C25H35O3P. The number of aryl methyl sites for hydroxylation is 1. The average molecular weight is 415 g/mol. The number of hydrogen-bond acceptors (Lipinski definition) is 3. The summed E-state index contributed by atoms with van der Waals surface area (Å²) in [6.07, 6.45) is 9.15. The number of benzene rings is 2. The molecule has 3 nitrogen and oxygen atoms in total. The highest BCUT2D eigenvalue weighted by Gasteiger charge is 2.20. The highest BCUT2D eigenvalue weighted by Crippen LogP contribution is 2.41. The summed E-state index contributed by atoms with van der Waals surface area (Å²) < 4.78 is 18.3. The maximum atomic E-state index is 6.37. The van der Waals surface area contributed by atoms with E-state index in [4.69, 9.17) is 13.8 Å². The number of unbranched alkanes of at least 4 members (excludes halogenated alkanes) is 2. The van der Waals surface area contributed by atoms with Crippen LogP contribution in [0.3, 0.4) is 0 Å². The molecule has 1 aliphatic heterocycles. The standard InChI is InChI=1S/C25H35O3P/c1-4-7-11-19(6-3)18-26-23-14-10-16-25-22(23)17-21-20(12-8-5-2)13-9-15-24(21)27-29-28-25/h9-10,13-16,19,29H,4-8,11-12,17-18H2,1-3H3. The highest BCUT2D eigenvalue weighted by atomic mass is 31.1. The smallest absolute Gasteiger partial charge is 0.275 e. The van der Waals surface area contributed by atoms with E-state index >= 15 is 0 Å². The second-order valence-corrected chi connectivity index (χ2v) is 8.50. The molecule has 2 aromatic rings. The molecule has 0 bridgehead atoms. The molecule has 29 heavy (non-hydrogen) atoms. The van der Waals surface area contributed by atoms with Crippen LogP contribution in [0.25, 0.3) is 0 Å². The van der Waals surface area contributed by atoms with Crippen molar-refractivity contribution < 1.29 is 13.8 Å². The van der Waals surface area contributed by atoms with Gasteiger partial charge in [0.15, 0.2) is 0 Å². The monoisotopic (exact) mass is 414 g/mol. The first-order chi connectivity index (χ1) is 14.3. The lowest BCUT2D eigenvalue weighted by Crippen LogP contribution is -2.13. The van der Waals surface area contributed by atoms with E-state index in [0.29, 0.717) is 5.92 Å². The van der Waals surface area contributed by atoms with E-state index in [1.54, 1.807) is 0 Å². The van der Waals surface area contributed by atoms with Crippen LogP contribution in [0.4, 0.5) is 0 Å². The number of ether oxygens (including phenoxy) is 1. The Balaban J connectivity index is 1.86. The van der Waals surface area contributed by atoms with E-state index in [1.165, 1.54) is 43.2 Å². The fraction of sp³-hybridized carbons (Fsp3) is 0.520. The minimum absolute atomic E-state index is 0.0388. The first-order valence-electron chi connectivity index (χ1n) is 11.2. The third-order valence-electron chi connectivity index (χ3n) is 5.79. The lowest BCUT2D eigenvalue weighted by molar-refractivity contribution is 0.231. The third kappa shape index (κ3) is 5.89. The summed E-state index contributed by atoms with van der Waals surface area (Å²) in [7, 11) is -0.0388. The summed E-state index contributed by atoms with van der Waals surface area (Å²) in [5.41, 5.74) is 3.82. The van der Waals surface area contributed by atoms with Gasteiger partial charge < -0.3 is 13.8 Å². The van der Waals surface area contributed by atoms with E-state index in [2.05, 4.69) is 45.0 Å². The summed E-state index contributed by atoms with van der Waals surface area (Å²) in [5.74, 6) is 3.41. The summed E-state index contributed by atoms with van der Waals surface area (Å²) in [5, 5.41) is 0. The lowest BCUT2D eigenvalue weighted by atomic mass is 9.94. The van der Waals surface area contributed by atoms with Gasteiger partial charge in [-0.25, -0.2) is 0 Å². The molecule has 0 N–H and O–H groups in total. The number of fused-ring (bicyclic) bond motifs is 2. The maximum Gasteiger partial charge on any atom is 0.275 e. The minimum Gasteiger partial charge on any atom is -0.493 e. The molecule has 2 unspecified atom stereocenters. The van der Waals surface area contributed by atoms with Crippen LogP contribution in [-0.2, 0) is 12.8 Å². The molecular weight excluding hydrogens is 379 g/mol. The first kappa shape index (κ1) is 22.0. The minimum atomic E-state index is -0.0388. The van der Waals surface area contributed by atoms with Crippen molar-refractivity contribution in [1.29, 1.82) is 0 Å². The molecule has 158 valence electrons. The quantitative estimate of drug-likeness (QED) is 0.377. The Morgan fingerprint density at radius 1 is 0.931 bits per heavy atom. The molecule has 4 heteroatoms. The van der Waals surface area contributed by atoms with Crippen molar-refractivity contribution in [3.63, 3.8) is 0 Å². The zero-order valence-corrected chi connectivity index (χ0v) is 19.1. The largest absolute Gasteiger partial charge is 0.493 e. The molecule has 0 saturated carbocycles. The molecule has 0 amide bonds. The van der Waals surface area contributed by atoms with Gasteiger partial charge in [-0.05, 0) is 48.9 Å². The van der Waals surface area contributed by atoms with Gasteiger partial charge in [-0.3, -0.25) is 0 Å². The molecule has 0 aliphatic carbocycles. The Kier molecular flexibility index (Phi) is 8.68. The van der Waals surface area contributed by atoms with Crippen LogP contribution >= 0.6 is 9.03 Å². The Bertz CT molecular complexity index is 775. The van der Waals surface area contributed by atoms with Gasteiger partial charge in [-0.15, -0.1) is 0 Å². The van der Waals surface area contributed by atoms with Crippen molar-refractivity contribution in [2.75, 3.05) is 6.61 Å². The van der Waals surface area contributed by atoms with Gasteiger partial charge in [-0.2, -0.15) is 0 Å². The Morgan fingerprint density at radius 2 is 1.66 bits per heavy atom. The summed E-state index contributed by atoms with van der Waals surface area (Å²) in [6, 6.07) is 12.6. The molecule has 1 aliphatic rings. The van der Waals surface area contributed by atoms with Crippen LogP contribution in [0, 0.1) is 5.92 Å². The topological polar surface area (TPSA) is 27.7 Å². The molecule has 2 aromatic carbocycles. The van der Waals surface area contributed by atoms with Gasteiger partial charge in [0.25, 0.3) is 9.03 Å². The van der Waals surface area contributed by atoms with Gasteiger partial charge in [0.1, 0.15) is 17.2 Å². The van der Waals surface area contributed by atoms with Gasteiger partial charge in [0.05, 0.1) is 6.61 Å². The normalized spacial score (nSPS) is 14.7. The molecule has 3 rings (SSSR count). The van der Waals surface area contributed by atoms with E-state index in [9.17, 15) is 0 Å². The molecule has 1 heterocycles. The van der Waals surface area contributed by atoms with E-state index in [0.717, 1.165) is 48.7 Å². The van der Waals surface area contributed by atoms with Crippen LogP contribution in [0.5, 0.6) is 17.2 Å². The van der Waals surface area contributed by atoms with Gasteiger partial charge in [-0.1, -0.05) is 64.7 Å². The van der Waals surface area contributed by atoms with Crippen LogP contribution in [0.15, 0.2) is 36.4 Å². The van der Waals surface area contributed by atoms with Crippen molar-refractivity contribution >= 4 is 9.03 Å². The average Bonchev–Trinajstić information content (AvgIpc) is 2.73. The van der Waals surface area contributed by atoms with Gasteiger partial charge >= 0.3 is 0 Å². The Hall–Kier alpha value is -1.73. The lowest BCUT2D eigenvalue weighted by Gasteiger charge is -2.23. The predicted octanol–water partition coefficient (Wildman–Crippen LogP) is 7.49. The predicted molar refractivity (Wildman–Crippen MR) is 123 cm³/mol. The molecule has 0 radical (unpaired) electrons. The number of rotatable bonds is 10. The zero-order chi connectivity index (χ0) is 20.5. The van der Waals surface area contributed by atoms with Gasteiger partial charge in [0, 0.05) is 17.5 Å². The van der Waals surface area contributed by atoms with Crippen LogP contribution in [0.1, 0.15) is 76.0 Å². The van der Waals surface area contributed by atoms with Crippen molar-refractivity contribution in [3.8, 4) is 17.2 Å². The molecule has 2 atom stereocenters. The molecule has 0 aromatic heterocycles. The molecule has 0 spiro atoms. The third-order valence-corrected chi connectivity index (χ3v) is 6.40. The Labute approximate surface area is 178 Å².